The second-order valence-electron chi connectivity index (χ2n) is 12.6. The predicted molar refractivity (Wildman–Crippen MR) is 184 cm³/mol. The zero-order valence-electron chi connectivity index (χ0n) is 28.9. The highest BCUT2D eigenvalue weighted by Crippen LogP contribution is 2.40. The number of hydrogen-bond acceptors (Lipinski definition) is 3. The fourth-order valence-electron chi connectivity index (χ4n) is 5.14. The van der Waals surface area contributed by atoms with Gasteiger partial charge in [0.25, 0.3) is 5.97 Å². The quantitative estimate of drug-likeness (QED) is 0.101. The lowest BCUT2D eigenvalue weighted by atomic mass is 9.72. The largest absolute Gasteiger partial charge is 0.481 e. The van der Waals surface area contributed by atoms with E-state index in [0.717, 1.165) is 25.3 Å². The maximum Gasteiger partial charge on any atom is 0.303 e. The normalized spacial score (nSPS) is 15.3. The maximum absolute atomic E-state index is 10.3. The molecule has 0 aromatic rings. The number of aliphatic hydroxyl groups is 1. The molecule has 0 aromatic heterocycles. The van der Waals surface area contributed by atoms with E-state index in [4.69, 9.17) is 20.1 Å². The van der Waals surface area contributed by atoms with Crippen molar-refractivity contribution in [3.8, 4) is 0 Å². The first-order valence-corrected chi connectivity index (χ1v) is 16.8. The van der Waals surface area contributed by atoms with Crippen LogP contribution in [0.4, 0.5) is 0 Å². The summed E-state index contributed by atoms with van der Waals surface area (Å²) in [6, 6.07) is 0. The highest BCUT2D eigenvalue weighted by Gasteiger charge is 2.26. The molecule has 1 rings (SSSR count). The van der Waals surface area contributed by atoms with Crippen LogP contribution in [0.25, 0.3) is 0 Å². The van der Waals surface area contributed by atoms with E-state index >= 15 is 0 Å². The van der Waals surface area contributed by atoms with Crippen LogP contribution in [0.2, 0.25) is 0 Å². The molecule has 248 valence electrons. The summed E-state index contributed by atoms with van der Waals surface area (Å²) in [5.41, 5.74) is 5.66. The van der Waals surface area contributed by atoms with Gasteiger partial charge in [-0.05, 0) is 57.4 Å². The van der Waals surface area contributed by atoms with Gasteiger partial charge in [-0.2, -0.15) is 0 Å². The number of aliphatic carboxylic acids is 2. The predicted octanol–water partition coefficient (Wildman–Crippen LogP) is 11.2. The number of hydrogen-bond donors (Lipinski definition) is 3. The van der Waals surface area contributed by atoms with Gasteiger partial charge >= 0.3 is 5.97 Å². The van der Waals surface area contributed by atoms with E-state index in [-0.39, 0.29) is 6.61 Å². The van der Waals surface area contributed by atoms with Crippen molar-refractivity contribution in [3.63, 3.8) is 0 Å². The molecule has 0 aliphatic heterocycles. The monoisotopic (exact) mass is 602 g/mol. The number of aliphatic hydroxyl groups excluding tert-OH is 1. The van der Waals surface area contributed by atoms with E-state index in [0.29, 0.717) is 11.8 Å². The number of rotatable bonds is 19. The fraction of sp³-hybridized carbons (Fsp3) is 0.684. The van der Waals surface area contributed by atoms with Crippen molar-refractivity contribution in [1.82, 2.24) is 0 Å². The molecule has 3 N–H and O–H groups in total. The molecule has 0 saturated heterocycles. The van der Waals surface area contributed by atoms with Gasteiger partial charge in [-0.3, -0.25) is 9.59 Å². The molecule has 5 heteroatoms. The van der Waals surface area contributed by atoms with Gasteiger partial charge in [0.15, 0.2) is 0 Å². The van der Waals surface area contributed by atoms with Crippen LogP contribution in [0.1, 0.15) is 158 Å². The second-order valence-corrected chi connectivity index (χ2v) is 12.6. The number of allylic oxidation sites excluding steroid dienone is 9. The van der Waals surface area contributed by atoms with Crippen molar-refractivity contribution in [2.24, 2.45) is 5.41 Å². The number of carboxylic acids is 2. The first-order valence-electron chi connectivity index (χ1n) is 16.8. The van der Waals surface area contributed by atoms with Crippen LogP contribution in [-0.2, 0) is 9.59 Å². The lowest BCUT2D eigenvalue weighted by molar-refractivity contribution is -0.137. The summed E-state index contributed by atoms with van der Waals surface area (Å²) in [5.74, 6) is -1.49. The molecule has 0 spiro atoms. The standard InChI is InChI=1S/C20H30O.C16H32O2.C2H4O2/c1-16(8-6-9-17(2)13-15-21)11-12-19-18(3)10-7-14-20(19,4)5;1-2-3-4-5-6-7-8-9-10-11-12-13-14-15-16(17)18;1-2(3)4/h6,8-9,11-13,21H,7,10,14-15H2,1-5H3;2-15H2,1H3,(H,17,18);1H3,(H,3,4)/b9-6+,12-11+,16-8+,17-13+;;. The van der Waals surface area contributed by atoms with Gasteiger partial charge in [0.1, 0.15) is 0 Å². The van der Waals surface area contributed by atoms with Crippen LogP contribution in [0.5, 0.6) is 0 Å². The molecule has 0 fully saturated rings. The van der Waals surface area contributed by atoms with Crippen LogP contribution in [0.15, 0.2) is 58.7 Å². The molecule has 43 heavy (non-hydrogen) atoms. The number of unbranched alkanes of at least 4 members (excludes halogenated alkanes) is 12. The minimum atomic E-state index is -0.833. The molecule has 0 aromatic carbocycles. The van der Waals surface area contributed by atoms with Crippen molar-refractivity contribution in [1.29, 1.82) is 0 Å². The fourth-order valence-corrected chi connectivity index (χ4v) is 5.14. The smallest absolute Gasteiger partial charge is 0.303 e. The zero-order valence-corrected chi connectivity index (χ0v) is 28.9. The van der Waals surface area contributed by atoms with Crippen LogP contribution >= 0.6 is 0 Å². The third-order valence-electron chi connectivity index (χ3n) is 7.68. The highest BCUT2D eigenvalue weighted by molar-refractivity contribution is 5.66. The molecular weight excluding hydrogens is 536 g/mol. The summed E-state index contributed by atoms with van der Waals surface area (Å²) in [4.78, 5) is 19.3. The lowest BCUT2D eigenvalue weighted by Gasteiger charge is -2.32. The van der Waals surface area contributed by atoms with Crippen LogP contribution in [-0.4, -0.2) is 33.9 Å². The Morgan fingerprint density at radius 3 is 1.72 bits per heavy atom. The third kappa shape index (κ3) is 29.5. The Morgan fingerprint density at radius 2 is 1.28 bits per heavy atom. The summed E-state index contributed by atoms with van der Waals surface area (Å²) in [6.45, 7) is 14.5. The van der Waals surface area contributed by atoms with E-state index in [9.17, 15) is 4.79 Å². The Labute approximate surface area is 265 Å². The Hall–Kier alpha value is -2.40. The third-order valence-corrected chi connectivity index (χ3v) is 7.68. The molecule has 0 radical (unpaired) electrons. The van der Waals surface area contributed by atoms with Crippen LogP contribution < -0.4 is 0 Å². The first kappa shape index (κ1) is 42.7. The van der Waals surface area contributed by atoms with Crippen molar-refractivity contribution in [3.05, 3.63) is 58.7 Å². The second kappa shape index (κ2) is 28.4. The van der Waals surface area contributed by atoms with Gasteiger partial charge in [0, 0.05) is 13.3 Å². The van der Waals surface area contributed by atoms with Crippen molar-refractivity contribution >= 4 is 11.9 Å². The maximum atomic E-state index is 10.3. The molecule has 0 saturated carbocycles. The summed E-state index contributed by atoms with van der Waals surface area (Å²) < 4.78 is 0. The van der Waals surface area contributed by atoms with Gasteiger partial charge in [-0.25, -0.2) is 0 Å². The molecular formula is C38H66O5. The topological polar surface area (TPSA) is 94.8 Å². The summed E-state index contributed by atoms with van der Waals surface area (Å²) in [5, 5.41) is 24.7. The average Bonchev–Trinajstić information content (AvgIpc) is 2.91. The summed E-state index contributed by atoms with van der Waals surface area (Å²) in [7, 11) is 0. The Bertz CT molecular complexity index is 882. The zero-order chi connectivity index (χ0) is 32.9. The van der Waals surface area contributed by atoms with E-state index in [2.05, 4.69) is 52.8 Å². The van der Waals surface area contributed by atoms with Gasteiger partial charge < -0.3 is 15.3 Å². The Balaban J connectivity index is 0. The Kier molecular flexibility index (Phi) is 28.2. The minimum absolute atomic E-state index is 0.0985. The van der Waals surface area contributed by atoms with E-state index in [1.807, 2.05) is 19.1 Å². The van der Waals surface area contributed by atoms with Gasteiger partial charge in [0.2, 0.25) is 0 Å². The number of carbonyl (C=O) groups is 2. The molecule has 0 unspecified atom stereocenters. The van der Waals surface area contributed by atoms with Crippen molar-refractivity contribution < 1.29 is 24.9 Å². The molecule has 0 bridgehead atoms. The highest BCUT2D eigenvalue weighted by atomic mass is 16.4. The van der Waals surface area contributed by atoms with Crippen LogP contribution in [0, 0.1) is 5.41 Å². The summed E-state index contributed by atoms with van der Waals surface area (Å²) >= 11 is 0. The van der Waals surface area contributed by atoms with Gasteiger partial charge in [-0.15, -0.1) is 0 Å². The molecule has 1 aliphatic carbocycles. The summed E-state index contributed by atoms with van der Waals surface area (Å²) in [6.07, 6.45) is 33.6. The molecule has 5 nitrogen and oxygen atoms in total. The van der Waals surface area contributed by atoms with Crippen molar-refractivity contribution in [2.75, 3.05) is 6.61 Å². The van der Waals surface area contributed by atoms with E-state index in [1.165, 1.54) is 107 Å². The molecule has 0 amide bonds. The molecule has 0 atom stereocenters. The average molecular weight is 603 g/mol. The SMILES string of the molecule is CC(=O)O.CC1=C(/C=C/C(C)=C/C=C/C(C)=C/CO)C(C)(C)CCC1.CCCCCCCCCCCCCCCC(=O)O. The lowest BCUT2D eigenvalue weighted by Crippen LogP contribution is -2.19. The van der Waals surface area contributed by atoms with Gasteiger partial charge in [-0.1, -0.05) is 151 Å². The van der Waals surface area contributed by atoms with E-state index in [1.54, 1.807) is 6.08 Å². The molecule has 1 aliphatic rings. The first-order chi connectivity index (χ1) is 20.4. The molecule has 0 heterocycles. The number of carboxylic acid groups (broad SMARTS) is 2. The van der Waals surface area contributed by atoms with E-state index < -0.39 is 11.9 Å². The minimum Gasteiger partial charge on any atom is -0.481 e. The van der Waals surface area contributed by atoms with Gasteiger partial charge in [0.05, 0.1) is 6.61 Å². The van der Waals surface area contributed by atoms with Crippen molar-refractivity contribution in [2.45, 2.75) is 158 Å². The Morgan fingerprint density at radius 1 is 0.791 bits per heavy atom. The van der Waals surface area contributed by atoms with Crippen LogP contribution in [0.3, 0.4) is 0 Å².